The molecule has 1 heterocycles. The molecule has 0 aliphatic rings. The lowest BCUT2D eigenvalue weighted by atomic mass is 10.1. The largest absolute Gasteiger partial charge is 0.439 e. The van der Waals surface area contributed by atoms with Gasteiger partial charge in [-0.2, -0.15) is 0 Å². The summed E-state index contributed by atoms with van der Waals surface area (Å²) in [5.74, 6) is 0. The van der Waals surface area contributed by atoms with Crippen LogP contribution in [0.5, 0.6) is 0 Å². The number of nitrogens with zero attached hydrogens (tertiary/aromatic N) is 2. The number of rotatable bonds is 6. The maximum absolute atomic E-state index is 11.5. The molecule has 0 N–H and O–H groups in total. The number of hydrogen-bond acceptors (Lipinski definition) is 5. The molecule has 0 saturated heterocycles. The van der Waals surface area contributed by atoms with Gasteiger partial charge in [-0.15, -0.1) is 0 Å². The fraction of sp³-hybridized carbons (Fsp3) is 0.400. The van der Waals surface area contributed by atoms with Crippen molar-refractivity contribution >= 4 is 34.6 Å². The minimum atomic E-state index is -0.439. The molecule has 0 atom stereocenters. The van der Waals surface area contributed by atoms with Crippen molar-refractivity contribution in [2.24, 2.45) is 0 Å². The molecule has 0 unspecified atom stereocenters. The molecule has 0 fully saturated rings. The van der Waals surface area contributed by atoms with E-state index in [0.29, 0.717) is 11.3 Å². The van der Waals surface area contributed by atoms with Gasteiger partial charge in [0.15, 0.2) is 0 Å². The molecule has 0 aliphatic heterocycles. The summed E-state index contributed by atoms with van der Waals surface area (Å²) in [4.78, 5) is 13.0. The average Bonchev–Trinajstić information content (AvgIpc) is 2.45. The van der Waals surface area contributed by atoms with Gasteiger partial charge in [-0.25, -0.2) is 0 Å². The molecule has 6 heteroatoms. The van der Waals surface area contributed by atoms with Crippen molar-refractivity contribution in [1.82, 2.24) is 0 Å². The molecule has 21 heavy (non-hydrogen) atoms. The van der Waals surface area contributed by atoms with Crippen LogP contribution in [0.1, 0.15) is 26.7 Å². The van der Waals surface area contributed by atoms with E-state index in [1.54, 1.807) is 6.07 Å². The smallest absolute Gasteiger partial charge is 0.346 e. The van der Waals surface area contributed by atoms with Crippen LogP contribution in [0, 0.1) is 14.8 Å². The number of anilines is 1. The molecule has 5 nitrogen and oxygen atoms in total. The monoisotopic (exact) mass is 306 g/mol. The lowest BCUT2D eigenvalue weighted by Gasteiger charge is -2.24. The molecule has 0 bridgehead atoms. The SMILES string of the molecule is CCCN(CCC)c1c([N+](=O)[O-])c(=S)oc2ccccc12. The van der Waals surface area contributed by atoms with Gasteiger partial charge in [0.05, 0.1) is 4.92 Å². The zero-order valence-corrected chi connectivity index (χ0v) is 13.0. The highest BCUT2D eigenvalue weighted by Crippen LogP contribution is 2.37. The summed E-state index contributed by atoms with van der Waals surface area (Å²) in [6.07, 6.45) is 1.81. The molecule has 0 radical (unpaired) electrons. The summed E-state index contributed by atoms with van der Waals surface area (Å²) in [5, 5.41) is 12.2. The molecular weight excluding hydrogens is 288 g/mol. The predicted molar refractivity (Wildman–Crippen MR) is 86.5 cm³/mol. The summed E-state index contributed by atoms with van der Waals surface area (Å²) < 4.78 is 5.38. The van der Waals surface area contributed by atoms with E-state index < -0.39 is 4.92 Å². The second-order valence-corrected chi connectivity index (χ2v) is 5.20. The van der Waals surface area contributed by atoms with E-state index >= 15 is 0 Å². The first-order valence-corrected chi connectivity index (χ1v) is 7.46. The van der Waals surface area contributed by atoms with Crippen LogP contribution >= 0.6 is 12.2 Å². The first-order valence-electron chi connectivity index (χ1n) is 7.05. The maximum Gasteiger partial charge on any atom is 0.346 e. The highest BCUT2D eigenvalue weighted by atomic mass is 32.1. The second-order valence-electron chi connectivity index (χ2n) is 4.83. The van der Waals surface area contributed by atoms with Crippen LogP contribution in [-0.4, -0.2) is 18.0 Å². The van der Waals surface area contributed by atoms with Gasteiger partial charge < -0.3 is 9.32 Å². The third-order valence-corrected chi connectivity index (χ3v) is 3.53. The molecule has 0 amide bonds. The average molecular weight is 306 g/mol. The van der Waals surface area contributed by atoms with Crippen LogP contribution < -0.4 is 4.90 Å². The van der Waals surface area contributed by atoms with Gasteiger partial charge in [0.2, 0.25) is 0 Å². The molecule has 2 rings (SSSR count). The van der Waals surface area contributed by atoms with Crippen molar-refractivity contribution < 1.29 is 9.34 Å². The summed E-state index contributed by atoms with van der Waals surface area (Å²) in [5.41, 5.74) is 1.06. The van der Waals surface area contributed by atoms with Crippen molar-refractivity contribution in [2.45, 2.75) is 26.7 Å². The van der Waals surface area contributed by atoms with E-state index in [9.17, 15) is 10.1 Å². The van der Waals surface area contributed by atoms with E-state index in [-0.39, 0.29) is 10.4 Å². The van der Waals surface area contributed by atoms with Crippen molar-refractivity contribution in [2.75, 3.05) is 18.0 Å². The standard InChI is InChI=1S/C15H18N2O3S/c1-3-9-16(10-4-2)13-11-7-5-6-8-12(11)20-15(21)14(13)17(18)19/h5-8H,3-4,9-10H2,1-2H3. The topological polar surface area (TPSA) is 59.5 Å². The van der Waals surface area contributed by atoms with Crippen molar-refractivity contribution in [1.29, 1.82) is 0 Å². The number of para-hydroxylation sites is 1. The van der Waals surface area contributed by atoms with E-state index in [2.05, 4.69) is 13.8 Å². The Morgan fingerprint density at radius 3 is 2.43 bits per heavy atom. The van der Waals surface area contributed by atoms with Gasteiger partial charge in [-0.1, -0.05) is 26.0 Å². The van der Waals surface area contributed by atoms with Gasteiger partial charge in [-0.3, -0.25) is 10.1 Å². The minimum absolute atomic E-state index is 0.0640. The zero-order chi connectivity index (χ0) is 15.4. The Morgan fingerprint density at radius 1 is 1.24 bits per heavy atom. The Hall–Kier alpha value is -1.95. The Bertz CT molecular complexity index is 706. The highest BCUT2D eigenvalue weighted by Gasteiger charge is 2.25. The molecule has 0 aliphatic carbocycles. The number of benzene rings is 1. The second kappa shape index (κ2) is 6.67. The summed E-state index contributed by atoms with van der Waals surface area (Å²) in [6, 6.07) is 7.31. The number of hydrogen-bond donors (Lipinski definition) is 0. The summed E-state index contributed by atoms with van der Waals surface area (Å²) in [6.45, 7) is 5.60. The lowest BCUT2D eigenvalue weighted by molar-refractivity contribution is -0.385. The third-order valence-electron chi connectivity index (χ3n) is 3.25. The molecule has 1 aromatic heterocycles. The Balaban J connectivity index is 2.80. The molecule has 1 aromatic carbocycles. The van der Waals surface area contributed by atoms with E-state index in [0.717, 1.165) is 31.3 Å². The van der Waals surface area contributed by atoms with E-state index in [4.69, 9.17) is 16.6 Å². The third kappa shape index (κ3) is 3.05. The quantitative estimate of drug-likeness (QED) is 0.440. The number of nitro groups is 1. The van der Waals surface area contributed by atoms with Gasteiger partial charge in [0, 0.05) is 18.5 Å². The van der Waals surface area contributed by atoms with Crippen LogP contribution in [0.3, 0.4) is 0 Å². The molecular formula is C15H18N2O3S. The fourth-order valence-corrected chi connectivity index (χ4v) is 2.74. The van der Waals surface area contributed by atoms with Crippen LogP contribution in [0.25, 0.3) is 11.0 Å². The van der Waals surface area contributed by atoms with Crippen molar-refractivity contribution in [3.63, 3.8) is 0 Å². The van der Waals surface area contributed by atoms with Gasteiger partial charge in [0.25, 0.3) is 4.71 Å². The molecule has 2 aromatic rings. The van der Waals surface area contributed by atoms with Crippen molar-refractivity contribution in [3.05, 3.63) is 39.1 Å². The van der Waals surface area contributed by atoms with Crippen LogP contribution in [0.4, 0.5) is 11.4 Å². The predicted octanol–water partition coefficient (Wildman–Crippen LogP) is 4.70. The fourth-order valence-electron chi connectivity index (χ4n) is 2.48. The Kier molecular flexibility index (Phi) is 4.90. The number of fused-ring (bicyclic) bond motifs is 1. The van der Waals surface area contributed by atoms with Crippen LogP contribution in [0.2, 0.25) is 0 Å². The van der Waals surface area contributed by atoms with Gasteiger partial charge >= 0.3 is 5.69 Å². The van der Waals surface area contributed by atoms with Gasteiger partial charge in [-0.05, 0) is 37.2 Å². The molecule has 0 saturated carbocycles. The summed E-state index contributed by atoms with van der Waals surface area (Å²) >= 11 is 5.10. The van der Waals surface area contributed by atoms with E-state index in [1.807, 2.05) is 23.1 Å². The van der Waals surface area contributed by atoms with Crippen molar-refractivity contribution in [3.8, 4) is 0 Å². The first kappa shape index (κ1) is 15.4. The first-order chi connectivity index (χ1) is 10.1. The molecule has 112 valence electrons. The lowest BCUT2D eigenvalue weighted by Crippen LogP contribution is -2.26. The normalized spacial score (nSPS) is 10.8. The maximum atomic E-state index is 11.5. The minimum Gasteiger partial charge on any atom is -0.439 e. The van der Waals surface area contributed by atoms with Crippen LogP contribution in [0.15, 0.2) is 28.7 Å². The Labute approximate surface area is 128 Å². The van der Waals surface area contributed by atoms with Crippen LogP contribution in [-0.2, 0) is 0 Å². The van der Waals surface area contributed by atoms with E-state index in [1.165, 1.54) is 0 Å². The van der Waals surface area contributed by atoms with Gasteiger partial charge in [0.1, 0.15) is 11.3 Å². The highest BCUT2D eigenvalue weighted by molar-refractivity contribution is 7.71. The molecule has 0 spiro atoms. The summed E-state index contributed by atoms with van der Waals surface area (Å²) in [7, 11) is 0. The zero-order valence-electron chi connectivity index (χ0n) is 12.2. The Morgan fingerprint density at radius 2 is 1.86 bits per heavy atom.